The Morgan fingerprint density at radius 1 is 1.42 bits per heavy atom. The molecular weight excluding hydrogens is 242 g/mol. The van der Waals surface area contributed by atoms with E-state index in [0.29, 0.717) is 19.8 Å². The summed E-state index contributed by atoms with van der Waals surface area (Å²) in [5.74, 6) is 0.742. The van der Waals surface area contributed by atoms with Gasteiger partial charge in [-0.1, -0.05) is 12.1 Å². The Bertz CT molecular complexity index is 379. The fourth-order valence-corrected chi connectivity index (χ4v) is 1.89. The summed E-state index contributed by atoms with van der Waals surface area (Å²) < 4.78 is 10.6. The molecule has 1 aliphatic rings. The first kappa shape index (κ1) is 14.3. The highest BCUT2D eigenvalue weighted by atomic mass is 16.5. The molecule has 4 heteroatoms. The van der Waals surface area contributed by atoms with Gasteiger partial charge in [0.15, 0.2) is 0 Å². The minimum atomic E-state index is -0.468. The first-order valence-corrected chi connectivity index (χ1v) is 6.85. The number of aliphatic hydroxyl groups excluding tert-OH is 1. The summed E-state index contributed by atoms with van der Waals surface area (Å²) in [6, 6.07) is 8.01. The van der Waals surface area contributed by atoms with E-state index in [4.69, 9.17) is 9.47 Å². The minimum absolute atomic E-state index is 0.404. The van der Waals surface area contributed by atoms with Crippen LogP contribution in [0.3, 0.4) is 0 Å². The number of benzene rings is 1. The summed E-state index contributed by atoms with van der Waals surface area (Å²) in [6.45, 7) is 2.30. The zero-order valence-corrected chi connectivity index (χ0v) is 11.5. The van der Waals surface area contributed by atoms with Crippen molar-refractivity contribution >= 4 is 5.69 Å². The summed E-state index contributed by atoms with van der Waals surface area (Å²) in [5, 5.41) is 13.0. The van der Waals surface area contributed by atoms with Crippen LogP contribution in [0.2, 0.25) is 0 Å². The second-order valence-corrected chi connectivity index (χ2v) is 5.15. The standard InChI is InChI=1S/C15H23NO3/c1-18-9-13-3-2-4-14(7-13)16-8-15(17)11-19-10-12-5-6-12/h2-4,7,12,15-17H,5-6,8-11H2,1H3. The molecule has 106 valence electrons. The maximum absolute atomic E-state index is 9.80. The van der Waals surface area contributed by atoms with E-state index < -0.39 is 6.10 Å². The molecule has 0 radical (unpaired) electrons. The molecule has 1 fully saturated rings. The van der Waals surface area contributed by atoms with Crippen LogP contribution >= 0.6 is 0 Å². The smallest absolute Gasteiger partial charge is 0.0945 e. The van der Waals surface area contributed by atoms with E-state index in [2.05, 4.69) is 5.32 Å². The number of nitrogens with one attached hydrogen (secondary N) is 1. The van der Waals surface area contributed by atoms with E-state index in [-0.39, 0.29) is 0 Å². The predicted molar refractivity (Wildman–Crippen MR) is 75.2 cm³/mol. The molecular formula is C15H23NO3. The van der Waals surface area contributed by atoms with Crippen LogP contribution < -0.4 is 5.32 Å². The van der Waals surface area contributed by atoms with Gasteiger partial charge in [-0.15, -0.1) is 0 Å². The van der Waals surface area contributed by atoms with Crippen LogP contribution in [-0.4, -0.2) is 38.1 Å². The minimum Gasteiger partial charge on any atom is -0.389 e. The Kier molecular flexibility index (Phi) is 5.63. The molecule has 1 saturated carbocycles. The van der Waals surface area contributed by atoms with Gasteiger partial charge in [0.2, 0.25) is 0 Å². The summed E-state index contributed by atoms with van der Waals surface area (Å²) in [7, 11) is 1.68. The summed E-state index contributed by atoms with van der Waals surface area (Å²) >= 11 is 0. The van der Waals surface area contributed by atoms with E-state index in [1.807, 2.05) is 24.3 Å². The Morgan fingerprint density at radius 3 is 3.00 bits per heavy atom. The Labute approximate surface area is 114 Å². The average molecular weight is 265 g/mol. The lowest BCUT2D eigenvalue weighted by Gasteiger charge is -2.13. The molecule has 2 rings (SSSR count). The molecule has 1 aromatic rings. The summed E-state index contributed by atoms with van der Waals surface area (Å²) in [5.41, 5.74) is 2.11. The number of anilines is 1. The Balaban J connectivity index is 1.66. The number of rotatable bonds is 9. The van der Waals surface area contributed by atoms with E-state index in [9.17, 15) is 5.11 Å². The maximum Gasteiger partial charge on any atom is 0.0945 e. The molecule has 0 saturated heterocycles. The fraction of sp³-hybridized carbons (Fsp3) is 0.600. The number of methoxy groups -OCH3 is 1. The van der Waals surface area contributed by atoms with Crippen LogP contribution in [0.25, 0.3) is 0 Å². The van der Waals surface area contributed by atoms with Gasteiger partial charge in [-0.25, -0.2) is 0 Å². The predicted octanol–water partition coefficient (Wildman–Crippen LogP) is 2.03. The average Bonchev–Trinajstić information content (AvgIpc) is 3.21. The molecule has 0 aromatic heterocycles. The number of ether oxygens (including phenoxy) is 2. The Hall–Kier alpha value is -1.10. The van der Waals surface area contributed by atoms with Gasteiger partial charge in [0.1, 0.15) is 0 Å². The molecule has 0 aliphatic heterocycles. The first-order valence-electron chi connectivity index (χ1n) is 6.85. The van der Waals surface area contributed by atoms with Crippen LogP contribution in [0.5, 0.6) is 0 Å². The normalized spacial score (nSPS) is 16.3. The third-order valence-corrected chi connectivity index (χ3v) is 3.14. The van der Waals surface area contributed by atoms with Crippen molar-refractivity contribution in [2.24, 2.45) is 5.92 Å². The second-order valence-electron chi connectivity index (χ2n) is 5.15. The molecule has 0 spiro atoms. The zero-order valence-electron chi connectivity index (χ0n) is 11.5. The molecule has 0 heterocycles. The van der Waals surface area contributed by atoms with Crippen molar-refractivity contribution in [2.75, 3.05) is 32.2 Å². The number of hydrogen-bond donors (Lipinski definition) is 2. The zero-order chi connectivity index (χ0) is 13.5. The van der Waals surface area contributed by atoms with Gasteiger partial charge in [-0.3, -0.25) is 0 Å². The lowest BCUT2D eigenvalue weighted by atomic mass is 10.2. The van der Waals surface area contributed by atoms with Crippen molar-refractivity contribution in [2.45, 2.75) is 25.6 Å². The molecule has 1 aliphatic carbocycles. The van der Waals surface area contributed by atoms with E-state index in [1.165, 1.54) is 12.8 Å². The topological polar surface area (TPSA) is 50.7 Å². The van der Waals surface area contributed by atoms with Crippen LogP contribution in [0.4, 0.5) is 5.69 Å². The largest absolute Gasteiger partial charge is 0.389 e. The van der Waals surface area contributed by atoms with Gasteiger partial charge in [0.25, 0.3) is 0 Å². The van der Waals surface area contributed by atoms with Crippen LogP contribution in [0.15, 0.2) is 24.3 Å². The van der Waals surface area contributed by atoms with Crippen molar-refractivity contribution in [1.82, 2.24) is 0 Å². The van der Waals surface area contributed by atoms with Crippen LogP contribution in [-0.2, 0) is 16.1 Å². The third-order valence-electron chi connectivity index (χ3n) is 3.14. The van der Waals surface area contributed by atoms with Gasteiger partial charge < -0.3 is 19.9 Å². The molecule has 0 bridgehead atoms. The van der Waals surface area contributed by atoms with E-state index >= 15 is 0 Å². The van der Waals surface area contributed by atoms with Crippen molar-refractivity contribution in [1.29, 1.82) is 0 Å². The monoisotopic (exact) mass is 265 g/mol. The summed E-state index contributed by atoms with van der Waals surface area (Å²) in [6.07, 6.45) is 2.09. The summed E-state index contributed by atoms with van der Waals surface area (Å²) in [4.78, 5) is 0. The highest BCUT2D eigenvalue weighted by Gasteiger charge is 2.21. The molecule has 1 aromatic carbocycles. The quantitative estimate of drug-likeness (QED) is 0.717. The first-order chi connectivity index (χ1) is 9.28. The van der Waals surface area contributed by atoms with Gasteiger partial charge in [0.05, 0.1) is 19.3 Å². The van der Waals surface area contributed by atoms with Crippen molar-refractivity contribution in [3.8, 4) is 0 Å². The maximum atomic E-state index is 9.80. The Morgan fingerprint density at radius 2 is 2.26 bits per heavy atom. The number of hydrogen-bond acceptors (Lipinski definition) is 4. The molecule has 1 atom stereocenters. The van der Waals surface area contributed by atoms with Crippen molar-refractivity contribution in [3.05, 3.63) is 29.8 Å². The molecule has 1 unspecified atom stereocenters. The molecule has 4 nitrogen and oxygen atoms in total. The van der Waals surface area contributed by atoms with Gasteiger partial charge in [-0.2, -0.15) is 0 Å². The SMILES string of the molecule is COCc1cccc(NCC(O)COCC2CC2)c1. The van der Waals surface area contributed by atoms with Gasteiger partial charge >= 0.3 is 0 Å². The molecule has 0 amide bonds. The van der Waals surface area contributed by atoms with E-state index in [1.54, 1.807) is 7.11 Å². The second kappa shape index (κ2) is 7.48. The van der Waals surface area contributed by atoms with Crippen LogP contribution in [0.1, 0.15) is 18.4 Å². The van der Waals surface area contributed by atoms with Crippen molar-refractivity contribution in [3.63, 3.8) is 0 Å². The van der Waals surface area contributed by atoms with Crippen molar-refractivity contribution < 1.29 is 14.6 Å². The van der Waals surface area contributed by atoms with E-state index in [0.717, 1.165) is 23.8 Å². The third kappa shape index (κ3) is 5.59. The highest BCUT2D eigenvalue weighted by Crippen LogP contribution is 2.28. The lowest BCUT2D eigenvalue weighted by molar-refractivity contribution is 0.0386. The van der Waals surface area contributed by atoms with Crippen LogP contribution in [0, 0.1) is 5.92 Å². The van der Waals surface area contributed by atoms with Gasteiger partial charge in [-0.05, 0) is 36.5 Å². The number of aliphatic hydroxyl groups is 1. The lowest BCUT2D eigenvalue weighted by Crippen LogP contribution is -2.25. The molecule has 2 N–H and O–H groups in total. The fourth-order valence-electron chi connectivity index (χ4n) is 1.89. The highest BCUT2D eigenvalue weighted by molar-refractivity contribution is 5.45. The molecule has 19 heavy (non-hydrogen) atoms. The van der Waals surface area contributed by atoms with Gasteiger partial charge in [0, 0.05) is 25.9 Å².